The Kier molecular flexibility index (Phi) is 4.34. The fraction of sp³-hybridized carbons (Fsp3) is 0.357. The van der Waals surface area contributed by atoms with Crippen molar-refractivity contribution in [2.45, 2.75) is 38.3 Å². The number of nitrogens with one attached hydrogen (secondary N) is 1. The molecular weight excluding hydrogens is 288 g/mol. The van der Waals surface area contributed by atoms with Crippen molar-refractivity contribution in [1.29, 1.82) is 0 Å². The average molecular weight is 308 g/mol. The predicted molar refractivity (Wildman–Crippen MR) is 82.5 cm³/mol. The summed E-state index contributed by atoms with van der Waals surface area (Å²) in [7, 11) is -3.63. The first-order valence-corrected chi connectivity index (χ1v) is 8.18. The van der Waals surface area contributed by atoms with Crippen LogP contribution in [0.4, 0.5) is 5.69 Å². The van der Waals surface area contributed by atoms with Gasteiger partial charge in [-0.2, -0.15) is 5.10 Å². The van der Waals surface area contributed by atoms with Crippen molar-refractivity contribution in [3.8, 4) is 0 Å². The molecule has 1 aromatic heterocycles. The van der Waals surface area contributed by atoms with E-state index < -0.39 is 10.0 Å². The highest BCUT2D eigenvalue weighted by atomic mass is 32.2. The topological polar surface area (TPSA) is 90.0 Å². The van der Waals surface area contributed by atoms with E-state index in [0.29, 0.717) is 12.2 Å². The maximum absolute atomic E-state index is 12.4. The monoisotopic (exact) mass is 308 g/mol. The number of anilines is 1. The van der Waals surface area contributed by atoms with Gasteiger partial charge in [-0.3, -0.25) is 9.40 Å². The molecule has 0 saturated carbocycles. The van der Waals surface area contributed by atoms with Crippen molar-refractivity contribution in [3.05, 3.63) is 41.7 Å². The Balaban J connectivity index is 2.29. The fourth-order valence-corrected chi connectivity index (χ4v) is 3.00. The van der Waals surface area contributed by atoms with Crippen LogP contribution in [-0.4, -0.2) is 18.2 Å². The van der Waals surface area contributed by atoms with Crippen molar-refractivity contribution < 1.29 is 8.42 Å². The summed E-state index contributed by atoms with van der Waals surface area (Å²) in [6, 6.07) is 5.11. The lowest BCUT2D eigenvalue weighted by Gasteiger charge is -2.09. The van der Waals surface area contributed by atoms with Crippen LogP contribution in [0.15, 0.2) is 35.5 Å². The number of aryl methyl sites for hydroxylation is 1. The zero-order valence-electron chi connectivity index (χ0n) is 12.4. The Morgan fingerprint density at radius 2 is 2.10 bits per heavy atom. The molecule has 7 heteroatoms. The smallest absolute Gasteiger partial charge is 0.262 e. The van der Waals surface area contributed by atoms with Gasteiger partial charge in [-0.15, -0.1) is 0 Å². The molecule has 0 amide bonds. The molecule has 2 aromatic rings. The minimum atomic E-state index is -3.63. The third-order valence-corrected chi connectivity index (χ3v) is 4.61. The first kappa shape index (κ1) is 15.5. The first-order chi connectivity index (χ1) is 9.83. The van der Waals surface area contributed by atoms with Gasteiger partial charge in [0.2, 0.25) is 0 Å². The number of rotatable bonds is 5. The van der Waals surface area contributed by atoms with Crippen molar-refractivity contribution in [2.75, 3.05) is 4.72 Å². The molecule has 6 nitrogen and oxygen atoms in total. The van der Waals surface area contributed by atoms with Crippen LogP contribution in [0.1, 0.15) is 31.0 Å². The molecule has 0 bridgehead atoms. The number of sulfonamides is 1. The van der Waals surface area contributed by atoms with Crippen LogP contribution in [0, 0.1) is 6.92 Å². The van der Waals surface area contributed by atoms with E-state index in [-0.39, 0.29) is 10.9 Å². The number of hydrogen-bond acceptors (Lipinski definition) is 4. The standard InChI is InChI=1S/C14H20N4O2S/c1-10(2)18-9-13(8-16-18)17-21(19,20)14-5-4-11(3)12(6-14)7-15/h4-6,8-10,17H,7,15H2,1-3H3. The molecule has 1 aromatic carbocycles. The van der Waals surface area contributed by atoms with E-state index in [0.717, 1.165) is 11.1 Å². The number of benzene rings is 1. The molecule has 0 spiro atoms. The van der Waals surface area contributed by atoms with Crippen LogP contribution in [0.3, 0.4) is 0 Å². The zero-order chi connectivity index (χ0) is 15.6. The second-order valence-electron chi connectivity index (χ2n) is 5.20. The van der Waals surface area contributed by atoms with Gasteiger partial charge in [0.15, 0.2) is 0 Å². The molecule has 0 aliphatic carbocycles. The third-order valence-electron chi connectivity index (χ3n) is 3.23. The molecule has 2 rings (SSSR count). The van der Waals surface area contributed by atoms with Gasteiger partial charge < -0.3 is 5.73 Å². The highest BCUT2D eigenvalue weighted by Crippen LogP contribution is 2.19. The van der Waals surface area contributed by atoms with Crippen LogP contribution in [-0.2, 0) is 16.6 Å². The number of aromatic nitrogens is 2. The highest BCUT2D eigenvalue weighted by Gasteiger charge is 2.16. The lowest BCUT2D eigenvalue weighted by atomic mass is 10.1. The normalized spacial score (nSPS) is 11.9. The van der Waals surface area contributed by atoms with Gasteiger partial charge in [0.25, 0.3) is 10.0 Å². The quantitative estimate of drug-likeness (QED) is 0.884. The van der Waals surface area contributed by atoms with Crippen LogP contribution in [0.5, 0.6) is 0 Å². The number of nitrogens with two attached hydrogens (primary N) is 1. The van der Waals surface area contributed by atoms with Gasteiger partial charge in [0.1, 0.15) is 0 Å². The average Bonchev–Trinajstić information content (AvgIpc) is 2.87. The maximum atomic E-state index is 12.4. The molecule has 0 unspecified atom stereocenters. The Hall–Kier alpha value is -1.86. The van der Waals surface area contributed by atoms with E-state index >= 15 is 0 Å². The number of hydrogen-bond donors (Lipinski definition) is 2. The van der Waals surface area contributed by atoms with E-state index in [2.05, 4.69) is 9.82 Å². The van der Waals surface area contributed by atoms with E-state index in [4.69, 9.17) is 5.73 Å². The lowest BCUT2D eigenvalue weighted by Crippen LogP contribution is -2.13. The molecule has 0 aliphatic heterocycles. The van der Waals surface area contributed by atoms with Gasteiger partial charge in [-0.25, -0.2) is 8.42 Å². The van der Waals surface area contributed by atoms with Crippen molar-refractivity contribution in [2.24, 2.45) is 5.73 Å². The van der Waals surface area contributed by atoms with Crippen LogP contribution >= 0.6 is 0 Å². The Bertz CT molecular complexity index is 735. The summed E-state index contributed by atoms with van der Waals surface area (Å²) in [5.41, 5.74) is 7.86. The summed E-state index contributed by atoms with van der Waals surface area (Å²) in [5, 5.41) is 4.11. The highest BCUT2D eigenvalue weighted by molar-refractivity contribution is 7.92. The minimum Gasteiger partial charge on any atom is -0.326 e. The molecule has 0 atom stereocenters. The van der Waals surface area contributed by atoms with Gasteiger partial charge in [0, 0.05) is 18.8 Å². The molecule has 0 saturated heterocycles. The summed E-state index contributed by atoms with van der Waals surface area (Å²) in [6.07, 6.45) is 3.16. The summed E-state index contributed by atoms with van der Waals surface area (Å²) < 4.78 is 29.0. The lowest BCUT2D eigenvalue weighted by molar-refractivity contribution is 0.532. The summed E-state index contributed by atoms with van der Waals surface area (Å²) >= 11 is 0. The van der Waals surface area contributed by atoms with Gasteiger partial charge in [-0.05, 0) is 44.0 Å². The summed E-state index contributed by atoms with van der Waals surface area (Å²) in [4.78, 5) is 0.200. The van der Waals surface area contributed by atoms with Crippen LogP contribution in [0.25, 0.3) is 0 Å². The predicted octanol–water partition coefficient (Wildman–Crippen LogP) is 2.03. The van der Waals surface area contributed by atoms with E-state index in [1.807, 2.05) is 20.8 Å². The molecule has 1 heterocycles. The third kappa shape index (κ3) is 3.43. The van der Waals surface area contributed by atoms with Crippen molar-refractivity contribution in [1.82, 2.24) is 9.78 Å². The summed E-state index contributed by atoms with van der Waals surface area (Å²) in [5.74, 6) is 0. The molecule has 0 radical (unpaired) electrons. The molecular formula is C14H20N4O2S. The molecule has 21 heavy (non-hydrogen) atoms. The van der Waals surface area contributed by atoms with Gasteiger partial charge >= 0.3 is 0 Å². The zero-order valence-corrected chi connectivity index (χ0v) is 13.2. The van der Waals surface area contributed by atoms with Gasteiger partial charge in [0.05, 0.1) is 16.8 Å². The Morgan fingerprint density at radius 1 is 1.38 bits per heavy atom. The first-order valence-electron chi connectivity index (χ1n) is 6.70. The van der Waals surface area contributed by atoms with E-state index in [1.165, 1.54) is 6.20 Å². The second kappa shape index (κ2) is 5.87. The largest absolute Gasteiger partial charge is 0.326 e. The van der Waals surface area contributed by atoms with Crippen molar-refractivity contribution >= 4 is 15.7 Å². The van der Waals surface area contributed by atoms with Crippen LogP contribution < -0.4 is 10.5 Å². The van der Waals surface area contributed by atoms with Crippen LogP contribution in [0.2, 0.25) is 0 Å². The molecule has 0 fully saturated rings. The Labute approximate surface area is 125 Å². The number of nitrogens with zero attached hydrogens (tertiary/aromatic N) is 2. The van der Waals surface area contributed by atoms with E-state index in [9.17, 15) is 8.42 Å². The Morgan fingerprint density at radius 3 is 2.67 bits per heavy atom. The SMILES string of the molecule is Cc1ccc(S(=O)(=O)Nc2cnn(C(C)C)c2)cc1CN. The van der Waals surface area contributed by atoms with Gasteiger partial charge in [-0.1, -0.05) is 6.07 Å². The van der Waals surface area contributed by atoms with Crippen molar-refractivity contribution in [3.63, 3.8) is 0 Å². The summed E-state index contributed by atoms with van der Waals surface area (Å²) in [6.45, 7) is 6.15. The molecule has 0 aliphatic rings. The molecule has 3 N–H and O–H groups in total. The maximum Gasteiger partial charge on any atom is 0.262 e. The minimum absolute atomic E-state index is 0.173. The van der Waals surface area contributed by atoms with E-state index in [1.54, 1.807) is 29.1 Å². The molecule has 114 valence electrons. The fourth-order valence-electron chi connectivity index (χ4n) is 1.92. The second-order valence-corrected chi connectivity index (χ2v) is 6.88.